The van der Waals surface area contributed by atoms with E-state index in [2.05, 4.69) is 39.9 Å². The molecule has 15 heavy (non-hydrogen) atoms. The molecule has 0 aromatic carbocycles. The standard InChI is InChI=1S/C14H31N/c1-7-8-9-13(2,3)12-14(4,5)10-11-15-6/h15H,7-12H2,1-6H3. The molecule has 0 aromatic heterocycles. The number of hydrogen-bond donors (Lipinski definition) is 1. The number of nitrogens with one attached hydrogen (secondary N) is 1. The molecule has 0 fully saturated rings. The maximum atomic E-state index is 3.25. The molecular formula is C14H31N. The molecule has 0 aliphatic rings. The molecule has 1 heteroatoms. The summed E-state index contributed by atoms with van der Waals surface area (Å²) in [6.45, 7) is 13.1. The Kier molecular flexibility index (Phi) is 6.51. The molecule has 0 spiro atoms. The maximum Gasteiger partial charge on any atom is -0.00468 e. The van der Waals surface area contributed by atoms with Gasteiger partial charge in [-0.15, -0.1) is 0 Å². The summed E-state index contributed by atoms with van der Waals surface area (Å²) in [7, 11) is 2.04. The summed E-state index contributed by atoms with van der Waals surface area (Å²) in [5.74, 6) is 0. The van der Waals surface area contributed by atoms with Crippen LogP contribution in [0.1, 0.15) is 66.7 Å². The van der Waals surface area contributed by atoms with Crippen LogP contribution in [0.3, 0.4) is 0 Å². The summed E-state index contributed by atoms with van der Waals surface area (Å²) in [6.07, 6.45) is 6.67. The smallest absolute Gasteiger partial charge is 0.00468 e. The van der Waals surface area contributed by atoms with Crippen molar-refractivity contribution in [1.82, 2.24) is 5.32 Å². The van der Waals surface area contributed by atoms with Gasteiger partial charge in [-0.05, 0) is 43.7 Å². The predicted octanol–water partition coefficient (Wildman–Crippen LogP) is 4.23. The van der Waals surface area contributed by atoms with Crippen LogP contribution in [0.25, 0.3) is 0 Å². The second-order valence-electron chi connectivity index (χ2n) is 6.46. The van der Waals surface area contributed by atoms with Gasteiger partial charge >= 0.3 is 0 Å². The van der Waals surface area contributed by atoms with Crippen LogP contribution >= 0.6 is 0 Å². The highest BCUT2D eigenvalue weighted by molar-refractivity contribution is 4.79. The van der Waals surface area contributed by atoms with E-state index in [0.717, 1.165) is 6.54 Å². The lowest BCUT2D eigenvalue weighted by atomic mass is 9.71. The quantitative estimate of drug-likeness (QED) is 0.636. The van der Waals surface area contributed by atoms with Crippen molar-refractivity contribution < 1.29 is 0 Å². The third kappa shape index (κ3) is 7.84. The molecule has 0 saturated carbocycles. The minimum absolute atomic E-state index is 0.472. The highest BCUT2D eigenvalue weighted by atomic mass is 14.8. The number of rotatable bonds is 8. The topological polar surface area (TPSA) is 12.0 Å². The minimum atomic E-state index is 0.472. The SMILES string of the molecule is CCCCC(C)(C)CC(C)(C)CCNC. The van der Waals surface area contributed by atoms with E-state index >= 15 is 0 Å². The summed E-state index contributed by atoms with van der Waals surface area (Å²) >= 11 is 0. The van der Waals surface area contributed by atoms with E-state index in [-0.39, 0.29) is 0 Å². The van der Waals surface area contributed by atoms with Gasteiger partial charge in [0.2, 0.25) is 0 Å². The minimum Gasteiger partial charge on any atom is -0.320 e. The lowest BCUT2D eigenvalue weighted by Crippen LogP contribution is -2.26. The van der Waals surface area contributed by atoms with Crippen LogP contribution in [0.2, 0.25) is 0 Å². The van der Waals surface area contributed by atoms with Crippen LogP contribution in [0.4, 0.5) is 0 Å². The molecule has 0 radical (unpaired) electrons. The number of unbranched alkanes of at least 4 members (excludes halogenated alkanes) is 1. The van der Waals surface area contributed by atoms with Crippen molar-refractivity contribution in [3.05, 3.63) is 0 Å². The largest absolute Gasteiger partial charge is 0.320 e. The van der Waals surface area contributed by atoms with Crippen molar-refractivity contribution in [1.29, 1.82) is 0 Å². The third-order valence-corrected chi connectivity index (χ3v) is 3.22. The molecule has 1 nitrogen and oxygen atoms in total. The van der Waals surface area contributed by atoms with Crippen LogP contribution < -0.4 is 5.32 Å². The molecule has 0 amide bonds. The average molecular weight is 213 g/mol. The van der Waals surface area contributed by atoms with Crippen molar-refractivity contribution in [3.8, 4) is 0 Å². The average Bonchev–Trinajstić information content (AvgIpc) is 2.10. The Morgan fingerprint density at radius 1 is 0.933 bits per heavy atom. The first-order chi connectivity index (χ1) is 6.83. The van der Waals surface area contributed by atoms with Crippen molar-refractivity contribution in [2.24, 2.45) is 10.8 Å². The van der Waals surface area contributed by atoms with Gasteiger partial charge in [-0.25, -0.2) is 0 Å². The molecule has 0 bridgehead atoms. The molecule has 0 aliphatic carbocycles. The van der Waals surface area contributed by atoms with E-state index in [9.17, 15) is 0 Å². The lowest BCUT2D eigenvalue weighted by Gasteiger charge is -2.35. The Morgan fingerprint density at radius 3 is 1.93 bits per heavy atom. The summed E-state index contributed by atoms with van der Waals surface area (Å²) in [5.41, 5.74) is 0.980. The van der Waals surface area contributed by atoms with Crippen molar-refractivity contribution in [2.75, 3.05) is 13.6 Å². The zero-order chi connectivity index (χ0) is 11.9. The Hall–Kier alpha value is -0.0400. The molecule has 0 atom stereocenters. The van der Waals surface area contributed by atoms with Crippen LogP contribution in [0.5, 0.6) is 0 Å². The van der Waals surface area contributed by atoms with Crippen LogP contribution in [0, 0.1) is 10.8 Å². The second kappa shape index (κ2) is 6.52. The van der Waals surface area contributed by atoms with Crippen molar-refractivity contribution in [3.63, 3.8) is 0 Å². The molecule has 1 N–H and O–H groups in total. The fourth-order valence-corrected chi connectivity index (χ4v) is 2.59. The van der Waals surface area contributed by atoms with E-state index in [1.165, 1.54) is 32.1 Å². The fourth-order valence-electron chi connectivity index (χ4n) is 2.59. The van der Waals surface area contributed by atoms with Gasteiger partial charge in [0.1, 0.15) is 0 Å². The molecule has 0 saturated heterocycles. The van der Waals surface area contributed by atoms with Gasteiger partial charge in [0.15, 0.2) is 0 Å². The van der Waals surface area contributed by atoms with Crippen LogP contribution in [-0.2, 0) is 0 Å². The highest BCUT2D eigenvalue weighted by Gasteiger charge is 2.27. The second-order valence-corrected chi connectivity index (χ2v) is 6.46. The zero-order valence-corrected chi connectivity index (χ0v) is 11.7. The van der Waals surface area contributed by atoms with E-state index in [0.29, 0.717) is 10.8 Å². The first-order valence-electron chi connectivity index (χ1n) is 6.47. The van der Waals surface area contributed by atoms with Gasteiger partial charge in [-0.3, -0.25) is 0 Å². The van der Waals surface area contributed by atoms with Gasteiger partial charge in [-0.1, -0.05) is 47.5 Å². The normalized spacial score (nSPS) is 13.2. The number of hydrogen-bond acceptors (Lipinski definition) is 1. The Morgan fingerprint density at radius 2 is 1.47 bits per heavy atom. The Bertz CT molecular complexity index is 141. The Labute approximate surface area is 97.0 Å². The third-order valence-electron chi connectivity index (χ3n) is 3.22. The molecule has 92 valence electrons. The molecule has 0 unspecified atom stereocenters. The van der Waals surface area contributed by atoms with Crippen LogP contribution in [0.15, 0.2) is 0 Å². The summed E-state index contributed by atoms with van der Waals surface area (Å²) in [5, 5.41) is 3.25. The van der Waals surface area contributed by atoms with Gasteiger partial charge in [0.05, 0.1) is 0 Å². The molecular weight excluding hydrogens is 182 g/mol. The van der Waals surface area contributed by atoms with Gasteiger partial charge in [0.25, 0.3) is 0 Å². The Balaban J connectivity index is 4.04. The molecule has 0 aliphatic heterocycles. The fraction of sp³-hybridized carbons (Fsp3) is 1.00. The first kappa shape index (κ1) is 15.0. The van der Waals surface area contributed by atoms with E-state index in [1.54, 1.807) is 0 Å². The zero-order valence-electron chi connectivity index (χ0n) is 11.7. The summed E-state index contributed by atoms with van der Waals surface area (Å²) in [6, 6.07) is 0. The van der Waals surface area contributed by atoms with Crippen molar-refractivity contribution >= 4 is 0 Å². The maximum absolute atomic E-state index is 3.25. The highest BCUT2D eigenvalue weighted by Crippen LogP contribution is 2.38. The molecule has 0 heterocycles. The van der Waals surface area contributed by atoms with Gasteiger partial charge in [0, 0.05) is 0 Å². The van der Waals surface area contributed by atoms with Gasteiger partial charge < -0.3 is 5.32 Å². The lowest BCUT2D eigenvalue weighted by molar-refractivity contribution is 0.169. The summed E-state index contributed by atoms with van der Waals surface area (Å²) in [4.78, 5) is 0. The van der Waals surface area contributed by atoms with E-state index in [4.69, 9.17) is 0 Å². The van der Waals surface area contributed by atoms with E-state index < -0.39 is 0 Å². The monoisotopic (exact) mass is 213 g/mol. The molecule has 0 rings (SSSR count). The van der Waals surface area contributed by atoms with Crippen LogP contribution in [-0.4, -0.2) is 13.6 Å². The molecule has 0 aromatic rings. The van der Waals surface area contributed by atoms with E-state index in [1.807, 2.05) is 7.05 Å². The first-order valence-corrected chi connectivity index (χ1v) is 6.47. The predicted molar refractivity (Wildman–Crippen MR) is 70.2 cm³/mol. The van der Waals surface area contributed by atoms with Gasteiger partial charge in [-0.2, -0.15) is 0 Å². The summed E-state index contributed by atoms with van der Waals surface area (Å²) < 4.78 is 0. The van der Waals surface area contributed by atoms with Crippen molar-refractivity contribution in [2.45, 2.75) is 66.7 Å².